The van der Waals surface area contributed by atoms with E-state index in [9.17, 15) is 0 Å². The molecule has 3 rings (SSSR count). The molecule has 0 saturated carbocycles. The van der Waals surface area contributed by atoms with E-state index < -0.39 is 0 Å². The smallest absolute Gasteiger partial charge is 0.0953 e. The van der Waals surface area contributed by atoms with Crippen molar-refractivity contribution in [1.82, 2.24) is 14.3 Å². The van der Waals surface area contributed by atoms with Crippen LogP contribution in [0.2, 0.25) is 0 Å². The predicted molar refractivity (Wildman–Crippen MR) is 152 cm³/mol. The molecule has 0 unspecified atom stereocenters. The summed E-state index contributed by atoms with van der Waals surface area (Å²) in [6, 6.07) is 2.06. The molecule has 0 saturated heterocycles. The normalized spacial score (nSPS) is 9.16. The van der Waals surface area contributed by atoms with Crippen molar-refractivity contribution in [3.63, 3.8) is 0 Å². The second-order valence-corrected chi connectivity index (χ2v) is 10.0. The highest BCUT2D eigenvalue weighted by Gasteiger charge is 2.01. The van der Waals surface area contributed by atoms with Gasteiger partial charge in [0.25, 0.3) is 0 Å². The van der Waals surface area contributed by atoms with E-state index in [4.69, 9.17) is 0 Å². The highest BCUT2D eigenvalue weighted by molar-refractivity contribution is 7.11. The van der Waals surface area contributed by atoms with Crippen molar-refractivity contribution in [3.05, 3.63) is 49.3 Å². The molecular weight excluding hydrogens is 451 g/mol. The summed E-state index contributed by atoms with van der Waals surface area (Å²) in [7, 11) is 0. The molecular formula is C26H49N3S3. The summed E-state index contributed by atoms with van der Waals surface area (Å²) in [6.45, 7) is 29.1. The molecule has 0 aliphatic heterocycles. The lowest BCUT2D eigenvalue weighted by Gasteiger charge is -1.94. The maximum Gasteiger partial charge on any atom is 0.0953 e. The van der Waals surface area contributed by atoms with Crippen LogP contribution in [0.25, 0.3) is 0 Å². The van der Waals surface area contributed by atoms with Gasteiger partial charge in [-0.25, -0.2) is 14.3 Å². The molecule has 3 aromatic rings. The summed E-state index contributed by atoms with van der Waals surface area (Å²) in [5.41, 5.74) is 1.14. The Bertz CT molecular complexity index is 683. The predicted octanol–water partition coefficient (Wildman–Crippen LogP) is 10.5. The third-order valence-corrected chi connectivity index (χ3v) is 6.89. The van der Waals surface area contributed by atoms with Gasteiger partial charge in [-0.15, -0.1) is 22.7 Å². The Labute approximate surface area is 211 Å². The standard InChI is InChI=1S/2C7H11NS.C6H9NS.3C2H6/c1-5(2)7-4-8-6(3)9-7;1-5(2)7-8-6(3)4-9-7;1-5(2)6-3-4-7-8-6;3*1-2/h2*4-5H,1-3H3;3-5H,1-2H3;3*1-2H3. The molecule has 0 bridgehead atoms. The number of nitrogens with zero attached hydrogens (tertiary/aromatic N) is 3. The zero-order chi connectivity index (χ0) is 25.7. The molecule has 0 amide bonds. The summed E-state index contributed by atoms with van der Waals surface area (Å²) >= 11 is 5.11. The Hall–Kier alpha value is -1.11. The summed E-state index contributed by atoms with van der Waals surface area (Å²) in [5.74, 6) is 1.86. The average Bonchev–Trinajstić information content (AvgIpc) is 3.55. The molecule has 186 valence electrons. The molecule has 32 heavy (non-hydrogen) atoms. The first-order chi connectivity index (χ1) is 15.2. The van der Waals surface area contributed by atoms with E-state index in [1.165, 1.54) is 19.8 Å². The second kappa shape index (κ2) is 23.1. The first kappa shape index (κ1) is 35.5. The van der Waals surface area contributed by atoms with Crippen molar-refractivity contribution in [3.8, 4) is 0 Å². The van der Waals surface area contributed by atoms with Crippen LogP contribution in [0.4, 0.5) is 0 Å². The van der Waals surface area contributed by atoms with Crippen molar-refractivity contribution in [1.29, 1.82) is 0 Å². The lowest BCUT2D eigenvalue weighted by molar-refractivity contribution is 0.847. The van der Waals surface area contributed by atoms with Gasteiger partial charge in [-0.05, 0) is 43.3 Å². The molecule has 3 heterocycles. The van der Waals surface area contributed by atoms with E-state index in [-0.39, 0.29) is 0 Å². The van der Waals surface area contributed by atoms with Crippen LogP contribution in [0.1, 0.15) is 126 Å². The van der Waals surface area contributed by atoms with E-state index in [0.717, 1.165) is 5.69 Å². The molecule has 0 aromatic carbocycles. The SMILES string of the molecule is CC.CC.CC.CC(C)c1ccns1.Cc1csc(C(C)C)n1.Cc1ncc(C(C)C)s1. The van der Waals surface area contributed by atoms with E-state index in [0.29, 0.717) is 17.8 Å². The quantitative estimate of drug-likeness (QED) is 0.359. The van der Waals surface area contributed by atoms with Gasteiger partial charge in [0.1, 0.15) is 0 Å². The highest BCUT2D eigenvalue weighted by atomic mass is 32.1. The summed E-state index contributed by atoms with van der Waals surface area (Å²) in [5, 5.41) is 4.50. The Morgan fingerprint density at radius 1 is 0.750 bits per heavy atom. The lowest BCUT2D eigenvalue weighted by Crippen LogP contribution is -1.83. The van der Waals surface area contributed by atoms with Crippen molar-refractivity contribution < 1.29 is 0 Å². The molecule has 0 atom stereocenters. The van der Waals surface area contributed by atoms with Gasteiger partial charge in [0.15, 0.2) is 0 Å². The summed E-state index contributed by atoms with van der Waals surface area (Å²) in [4.78, 5) is 11.2. The summed E-state index contributed by atoms with van der Waals surface area (Å²) in [6.07, 6.45) is 3.81. The van der Waals surface area contributed by atoms with Gasteiger partial charge < -0.3 is 0 Å². The monoisotopic (exact) mass is 499 g/mol. The van der Waals surface area contributed by atoms with E-state index >= 15 is 0 Å². The van der Waals surface area contributed by atoms with Crippen LogP contribution in [0.15, 0.2) is 23.8 Å². The molecule has 3 nitrogen and oxygen atoms in total. The van der Waals surface area contributed by atoms with Gasteiger partial charge in [-0.2, -0.15) is 0 Å². The number of aryl methyl sites for hydroxylation is 2. The van der Waals surface area contributed by atoms with Gasteiger partial charge in [0, 0.05) is 39.1 Å². The van der Waals surface area contributed by atoms with Crippen LogP contribution in [0.5, 0.6) is 0 Å². The number of hydrogen-bond donors (Lipinski definition) is 0. The molecule has 0 fully saturated rings. The fourth-order valence-electron chi connectivity index (χ4n) is 1.81. The van der Waals surface area contributed by atoms with Crippen LogP contribution in [0.3, 0.4) is 0 Å². The maximum absolute atomic E-state index is 4.33. The number of aromatic nitrogens is 3. The van der Waals surface area contributed by atoms with Crippen LogP contribution >= 0.6 is 34.2 Å². The number of rotatable bonds is 3. The Morgan fingerprint density at radius 3 is 1.47 bits per heavy atom. The third kappa shape index (κ3) is 17.4. The topological polar surface area (TPSA) is 38.7 Å². The first-order valence-corrected chi connectivity index (χ1v) is 14.4. The Balaban J connectivity index is -0.000000353. The van der Waals surface area contributed by atoms with Crippen molar-refractivity contribution in [2.24, 2.45) is 0 Å². The van der Waals surface area contributed by atoms with E-state index in [1.807, 2.05) is 67.8 Å². The molecule has 0 N–H and O–H groups in total. The minimum atomic E-state index is 0.587. The van der Waals surface area contributed by atoms with Gasteiger partial charge in [-0.1, -0.05) is 83.1 Å². The zero-order valence-electron chi connectivity index (χ0n) is 23.1. The van der Waals surface area contributed by atoms with Gasteiger partial charge in [0.05, 0.1) is 10.0 Å². The highest BCUT2D eigenvalue weighted by Crippen LogP contribution is 2.20. The lowest BCUT2D eigenvalue weighted by atomic mass is 10.2. The van der Waals surface area contributed by atoms with Crippen LogP contribution < -0.4 is 0 Å². The average molecular weight is 500 g/mol. The van der Waals surface area contributed by atoms with Crippen molar-refractivity contribution in [2.45, 2.75) is 115 Å². The van der Waals surface area contributed by atoms with Crippen LogP contribution in [0, 0.1) is 13.8 Å². The fourth-order valence-corrected chi connectivity index (χ4v) is 3.98. The third-order valence-electron chi connectivity index (χ3n) is 3.37. The molecule has 0 aliphatic carbocycles. The van der Waals surface area contributed by atoms with Crippen LogP contribution in [-0.4, -0.2) is 14.3 Å². The number of hydrogen-bond acceptors (Lipinski definition) is 6. The van der Waals surface area contributed by atoms with E-state index in [2.05, 4.69) is 67.3 Å². The van der Waals surface area contributed by atoms with Crippen molar-refractivity contribution >= 4 is 34.2 Å². The Morgan fingerprint density at radius 2 is 1.28 bits per heavy atom. The largest absolute Gasteiger partial charge is 0.250 e. The molecule has 6 heteroatoms. The van der Waals surface area contributed by atoms with Crippen molar-refractivity contribution in [2.75, 3.05) is 0 Å². The Kier molecular flexibility index (Phi) is 25.6. The summed E-state index contributed by atoms with van der Waals surface area (Å²) < 4.78 is 3.99. The number of thiazole rings is 2. The van der Waals surface area contributed by atoms with Crippen LogP contribution in [-0.2, 0) is 0 Å². The molecule has 0 spiro atoms. The van der Waals surface area contributed by atoms with Gasteiger partial charge >= 0.3 is 0 Å². The van der Waals surface area contributed by atoms with Gasteiger partial charge in [0.2, 0.25) is 0 Å². The van der Waals surface area contributed by atoms with Gasteiger partial charge in [-0.3, -0.25) is 0 Å². The minimum Gasteiger partial charge on any atom is -0.250 e. The molecule has 3 aromatic heterocycles. The maximum atomic E-state index is 4.33. The van der Waals surface area contributed by atoms with E-state index in [1.54, 1.807) is 34.2 Å². The fraction of sp³-hybridized carbons (Fsp3) is 0.654. The first-order valence-electron chi connectivity index (χ1n) is 12.0. The zero-order valence-corrected chi connectivity index (χ0v) is 25.6. The molecule has 0 aliphatic rings. The second-order valence-electron chi connectivity index (χ2n) is 6.99. The molecule has 0 radical (unpaired) electrons. The minimum absolute atomic E-state index is 0.587.